The van der Waals surface area contributed by atoms with Crippen LogP contribution in [0.4, 0.5) is 0 Å². The van der Waals surface area contributed by atoms with E-state index in [1.807, 2.05) is 0 Å². The summed E-state index contributed by atoms with van der Waals surface area (Å²) in [4.78, 5) is 72.7. The molecule has 0 radical (unpaired) electrons. The lowest BCUT2D eigenvalue weighted by Gasteiger charge is -2.21. The summed E-state index contributed by atoms with van der Waals surface area (Å²) in [6.45, 7) is 14.1. The van der Waals surface area contributed by atoms with Crippen LogP contribution in [-0.2, 0) is 65.4 Å². The Morgan fingerprint density at radius 1 is 0.272 bits per heavy atom. The molecule has 0 aliphatic heterocycles. The van der Waals surface area contributed by atoms with Gasteiger partial charge in [0.15, 0.2) is 12.2 Å². The van der Waals surface area contributed by atoms with E-state index in [4.69, 9.17) is 37.0 Å². The summed E-state index contributed by atoms with van der Waals surface area (Å²) in [5.74, 6) is 0.863. The molecule has 0 saturated carbocycles. The third-order valence-corrected chi connectivity index (χ3v) is 18.7. The Hall–Kier alpha value is -1.94. The van der Waals surface area contributed by atoms with Gasteiger partial charge in [0.1, 0.15) is 19.3 Å². The molecular formula is C73H142O17P2. The molecule has 17 nitrogen and oxygen atoms in total. The number of hydrogen-bond donors (Lipinski definition) is 3. The average Bonchev–Trinajstić information content (AvgIpc) is 2.50. The van der Waals surface area contributed by atoms with Gasteiger partial charge in [-0.2, -0.15) is 0 Å². The van der Waals surface area contributed by atoms with E-state index in [2.05, 4.69) is 55.4 Å². The van der Waals surface area contributed by atoms with E-state index in [9.17, 15) is 43.2 Å². The fourth-order valence-corrected chi connectivity index (χ4v) is 12.6. The number of aliphatic hydroxyl groups excluding tert-OH is 1. The van der Waals surface area contributed by atoms with E-state index in [-0.39, 0.29) is 25.7 Å². The van der Waals surface area contributed by atoms with Gasteiger partial charge in [-0.25, -0.2) is 9.13 Å². The smallest absolute Gasteiger partial charge is 0.462 e. The first kappa shape index (κ1) is 90.1. The van der Waals surface area contributed by atoms with Crippen LogP contribution < -0.4 is 0 Å². The van der Waals surface area contributed by atoms with Gasteiger partial charge < -0.3 is 33.8 Å². The summed E-state index contributed by atoms with van der Waals surface area (Å²) in [6, 6.07) is 0. The standard InChI is InChI=1S/C73H142O17P2/c1-63(2)49-41-33-25-18-14-11-9-10-12-16-21-30-39-47-55-72(77)89-68(59-83-70(75)53-45-37-29-20-17-13-15-19-26-34-42-50-64(3)4)61-87-91(79,80)85-57-67(74)58-86-92(81,82)88-62-69(60-84-71(76)54-46-38-32-24-28-36-44-52-66(7)8)90-73(78)56-48-40-31-23-22-27-35-43-51-65(5)6/h63-69,74H,9-62H2,1-8H3,(H,79,80)(H,81,82)/t67?,68-,69-/m1/s1. The third-order valence-electron chi connectivity index (χ3n) is 16.8. The number of carbonyl (C=O) groups is 4. The van der Waals surface area contributed by atoms with Crippen molar-refractivity contribution in [2.75, 3.05) is 39.6 Å². The van der Waals surface area contributed by atoms with Crippen LogP contribution >= 0.6 is 15.6 Å². The number of carbonyl (C=O) groups excluding carboxylic acids is 4. The van der Waals surface area contributed by atoms with Crippen LogP contribution in [-0.4, -0.2) is 96.7 Å². The van der Waals surface area contributed by atoms with Gasteiger partial charge in [-0.05, 0) is 49.4 Å². The Balaban J connectivity index is 5.25. The summed E-state index contributed by atoms with van der Waals surface area (Å²) < 4.78 is 68.4. The maximum atomic E-state index is 13.1. The molecule has 0 saturated heterocycles. The number of esters is 4. The number of aliphatic hydroxyl groups is 1. The van der Waals surface area contributed by atoms with Crippen LogP contribution in [0, 0.1) is 23.7 Å². The molecule has 0 heterocycles. The van der Waals surface area contributed by atoms with Gasteiger partial charge in [0.25, 0.3) is 0 Å². The van der Waals surface area contributed by atoms with Crippen LogP contribution in [0.15, 0.2) is 0 Å². The van der Waals surface area contributed by atoms with E-state index in [0.717, 1.165) is 114 Å². The summed E-state index contributed by atoms with van der Waals surface area (Å²) in [5.41, 5.74) is 0. The zero-order chi connectivity index (χ0) is 68.2. The highest BCUT2D eigenvalue weighted by Gasteiger charge is 2.30. The summed E-state index contributed by atoms with van der Waals surface area (Å²) in [7, 11) is -9.91. The van der Waals surface area contributed by atoms with Crippen molar-refractivity contribution in [2.24, 2.45) is 23.7 Å². The van der Waals surface area contributed by atoms with Crippen molar-refractivity contribution >= 4 is 39.5 Å². The Kier molecular flexibility index (Phi) is 61.3. The van der Waals surface area contributed by atoms with E-state index in [1.165, 1.54) is 161 Å². The quantitative estimate of drug-likeness (QED) is 0.0222. The zero-order valence-electron chi connectivity index (χ0n) is 60.2. The van der Waals surface area contributed by atoms with Gasteiger partial charge in [0.2, 0.25) is 0 Å². The second-order valence-electron chi connectivity index (χ2n) is 28.2. The number of phosphoric ester groups is 2. The predicted molar refractivity (Wildman–Crippen MR) is 372 cm³/mol. The molecule has 19 heteroatoms. The molecule has 0 fully saturated rings. The van der Waals surface area contributed by atoms with Crippen LogP contribution in [0.5, 0.6) is 0 Å². The predicted octanol–water partition coefficient (Wildman–Crippen LogP) is 20.9. The minimum atomic E-state index is -4.96. The Labute approximate surface area is 562 Å². The highest BCUT2D eigenvalue weighted by atomic mass is 31.2. The van der Waals surface area contributed by atoms with Gasteiger partial charge in [-0.15, -0.1) is 0 Å². The highest BCUT2D eigenvalue weighted by Crippen LogP contribution is 2.45. The van der Waals surface area contributed by atoms with Crippen molar-refractivity contribution < 1.29 is 80.2 Å². The molecule has 0 aliphatic carbocycles. The minimum absolute atomic E-state index is 0.103. The molecule has 0 amide bonds. The monoisotopic (exact) mass is 1350 g/mol. The molecule has 92 heavy (non-hydrogen) atoms. The Morgan fingerprint density at radius 2 is 0.457 bits per heavy atom. The topological polar surface area (TPSA) is 237 Å². The Morgan fingerprint density at radius 3 is 0.674 bits per heavy atom. The fraction of sp³-hybridized carbons (Fsp3) is 0.945. The summed E-state index contributed by atoms with van der Waals surface area (Å²) in [6.07, 6.45) is 45.9. The SMILES string of the molecule is CC(C)CCCCCCCCCCCCCCCCC(=O)O[C@H](COC(=O)CCCCCCCCCCCCCC(C)C)COP(=O)(O)OCC(O)COP(=O)(O)OC[C@@H](COC(=O)CCCCCCCCCC(C)C)OC(=O)CCCCCCCCCCC(C)C. The molecule has 0 aromatic carbocycles. The molecule has 0 aromatic heterocycles. The molecule has 0 aliphatic rings. The van der Waals surface area contributed by atoms with E-state index < -0.39 is 97.5 Å². The van der Waals surface area contributed by atoms with Crippen LogP contribution in [0.25, 0.3) is 0 Å². The van der Waals surface area contributed by atoms with Gasteiger partial charge >= 0.3 is 39.5 Å². The average molecular weight is 1350 g/mol. The van der Waals surface area contributed by atoms with E-state index in [1.54, 1.807) is 0 Å². The second kappa shape index (κ2) is 62.6. The van der Waals surface area contributed by atoms with E-state index >= 15 is 0 Å². The molecule has 0 spiro atoms. The van der Waals surface area contributed by atoms with Crippen LogP contribution in [0.1, 0.15) is 364 Å². The molecule has 0 rings (SSSR count). The molecule has 0 aromatic rings. The largest absolute Gasteiger partial charge is 0.472 e. The van der Waals surface area contributed by atoms with Crippen molar-refractivity contribution in [3.05, 3.63) is 0 Å². The first-order valence-corrected chi connectivity index (χ1v) is 40.7. The van der Waals surface area contributed by atoms with Gasteiger partial charge in [0.05, 0.1) is 26.4 Å². The lowest BCUT2D eigenvalue weighted by Crippen LogP contribution is -2.30. The molecule has 0 bridgehead atoms. The van der Waals surface area contributed by atoms with Crippen molar-refractivity contribution in [1.82, 2.24) is 0 Å². The van der Waals surface area contributed by atoms with Crippen molar-refractivity contribution in [1.29, 1.82) is 0 Å². The molecule has 3 unspecified atom stereocenters. The molecule has 546 valence electrons. The number of ether oxygens (including phenoxy) is 4. The van der Waals surface area contributed by atoms with Crippen LogP contribution in [0.2, 0.25) is 0 Å². The molecule has 5 atom stereocenters. The molecular weight excluding hydrogens is 1210 g/mol. The van der Waals surface area contributed by atoms with Gasteiger partial charge in [-0.1, -0.05) is 312 Å². The minimum Gasteiger partial charge on any atom is -0.462 e. The van der Waals surface area contributed by atoms with Crippen molar-refractivity contribution in [2.45, 2.75) is 382 Å². The second-order valence-corrected chi connectivity index (χ2v) is 31.1. The number of phosphoric acid groups is 2. The Bertz CT molecular complexity index is 1820. The van der Waals surface area contributed by atoms with Crippen molar-refractivity contribution in [3.8, 4) is 0 Å². The summed E-state index contributed by atoms with van der Waals surface area (Å²) >= 11 is 0. The zero-order valence-corrected chi connectivity index (χ0v) is 62.0. The van der Waals surface area contributed by atoms with Gasteiger partial charge in [0, 0.05) is 25.7 Å². The lowest BCUT2D eigenvalue weighted by atomic mass is 10.0. The first-order chi connectivity index (χ1) is 44.1. The lowest BCUT2D eigenvalue weighted by molar-refractivity contribution is -0.161. The normalized spacial score (nSPS) is 14.2. The number of hydrogen-bond acceptors (Lipinski definition) is 15. The highest BCUT2D eigenvalue weighted by molar-refractivity contribution is 7.47. The van der Waals surface area contributed by atoms with Gasteiger partial charge in [-0.3, -0.25) is 37.3 Å². The van der Waals surface area contributed by atoms with Crippen LogP contribution in [0.3, 0.4) is 0 Å². The van der Waals surface area contributed by atoms with Crippen molar-refractivity contribution in [3.63, 3.8) is 0 Å². The van der Waals surface area contributed by atoms with E-state index in [0.29, 0.717) is 31.6 Å². The first-order valence-electron chi connectivity index (χ1n) is 37.7. The third kappa shape index (κ3) is 66.7. The molecule has 3 N–H and O–H groups in total. The summed E-state index contributed by atoms with van der Waals surface area (Å²) in [5, 5.41) is 10.6. The maximum absolute atomic E-state index is 13.1. The maximum Gasteiger partial charge on any atom is 0.472 e. The fourth-order valence-electron chi connectivity index (χ4n) is 11.0. The number of unbranched alkanes of at least 4 members (excludes halogenated alkanes) is 36. The number of rotatable bonds is 70.